The Morgan fingerprint density at radius 2 is 2.00 bits per heavy atom. The number of hydrogen-bond donors (Lipinski definition) is 2. The van der Waals surface area contributed by atoms with Crippen molar-refractivity contribution in [1.82, 2.24) is 15.5 Å². The number of rotatable bonds is 4. The summed E-state index contributed by atoms with van der Waals surface area (Å²) in [5, 5.41) is 6.52. The predicted molar refractivity (Wildman–Crippen MR) is 88.9 cm³/mol. The molecule has 1 amide bonds. The highest BCUT2D eigenvalue weighted by Crippen LogP contribution is 2.27. The standard InChI is InChI=1S/C16H27N3OS/c1-11-10-14(13(3)21-11)12(2)18-15(20)16(4,5)19-8-6-17-7-9-19/h10,12,17H,6-9H2,1-5H3,(H,18,20). The van der Waals surface area contributed by atoms with Gasteiger partial charge in [0, 0.05) is 35.9 Å². The first-order valence-corrected chi connectivity index (χ1v) is 8.47. The predicted octanol–water partition coefficient (Wildman–Crippen LogP) is 2.23. The summed E-state index contributed by atoms with van der Waals surface area (Å²) < 4.78 is 0. The molecule has 1 fully saturated rings. The topological polar surface area (TPSA) is 44.4 Å². The van der Waals surface area contributed by atoms with Crippen molar-refractivity contribution < 1.29 is 4.79 Å². The molecule has 1 aliphatic rings. The minimum Gasteiger partial charge on any atom is -0.348 e. The van der Waals surface area contributed by atoms with Crippen molar-refractivity contribution in [3.05, 3.63) is 21.4 Å². The molecule has 21 heavy (non-hydrogen) atoms. The molecular formula is C16H27N3OS. The van der Waals surface area contributed by atoms with Crippen molar-refractivity contribution in [2.45, 2.75) is 46.2 Å². The lowest BCUT2D eigenvalue weighted by molar-refractivity contribution is -0.132. The van der Waals surface area contributed by atoms with E-state index >= 15 is 0 Å². The van der Waals surface area contributed by atoms with Crippen LogP contribution in [0.4, 0.5) is 0 Å². The van der Waals surface area contributed by atoms with Gasteiger partial charge in [0.1, 0.15) is 0 Å². The average molecular weight is 309 g/mol. The largest absolute Gasteiger partial charge is 0.348 e. The van der Waals surface area contributed by atoms with Crippen LogP contribution >= 0.6 is 11.3 Å². The second-order valence-electron chi connectivity index (χ2n) is 6.36. The van der Waals surface area contributed by atoms with Crippen molar-refractivity contribution in [2.24, 2.45) is 0 Å². The Labute approximate surface area is 131 Å². The zero-order chi connectivity index (χ0) is 15.6. The summed E-state index contributed by atoms with van der Waals surface area (Å²) in [5.41, 5.74) is 0.775. The first-order chi connectivity index (χ1) is 9.82. The molecule has 0 aliphatic carbocycles. The van der Waals surface area contributed by atoms with Gasteiger partial charge in [0.05, 0.1) is 11.6 Å². The monoisotopic (exact) mass is 309 g/mol. The van der Waals surface area contributed by atoms with Crippen molar-refractivity contribution in [3.8, 4) is 0 Å². The maximum Gasteiger partial charge on any atom is 0.240 e. The van der Waals surface area contributed by atoms with Crippen LogP contribution < -0.4 is 10.6 Å². The van der Waals surface area contributed by atoms with Crippen molar-refractivity contribution in [2.75, 3.05) is 26.2 Å². The van der Waals surface area contributed by atoms with Crippen molar-refractivity contribution >= 4 is 17.2 Å². The average Bonchev–Trinajstić information content (AvgIpc) is 2.78. The lowest BCUT2D eigenvalue weighted by atomic mass is 9.99. The normalized spacial score (nSPS) is 18.5. The molecule has 4 nitrogen and oxygen atoms in total. The summed E-state index contributed by atoms with van der Waals surface area (Å²) in [6.07, 6.45) is 0. The summed E-state index contributed by atoms with van der Waals surface area (Å²) >= 11 is 1.79. The molecule has 1 atom stereocenters. The van der Waals surface area contributed by atoms with Gasteiger partial charge >= 0.3 is 0 Å². The molecule has 1 saturated heterocycles. The van der Waals surface area contributed by atoms with E-state index < -0.39 is 5.54 Å². The quantitative estimate of drug-likeness (QED) is 0.896. The Morgan fingerprint density at radius 3 is 2.52 bits per heavy atom. The van der Waals surface area contributed by atoms with E-state index in [0.717, 1.165) is 26.2 Å². The molecule has 2 N–H and O–H groups in total. The van der Waals surface area contributed by atoms with Crippen LogP contribution in [0, 0.1) is 13.8 Å². The zero-order valence-corrected chi connectivity index (χ0v) is 14.6. The van der Waals surface area contributed by atoms with Gasteiger partial charge in [-0.1, -0.05) is 0 Å². The van der Waals surface area contributed by atoms with Gasteiger partial charge in [-0.25, -0.2) is 0 Å². The number of hydrogen-bond acceptors (Lipinski definition) is 4. The van der Waals surface area contributed by atoms with E-state index in [-0.39, 0.29) is 11.9 Å². The van der Waals surface area contributed by atoms with Crippen LogP contribution in [0.5, 0.6) is 0 Å². The van der Waals surface area contributed by atoms with Gasteiger partial charge in [-0.15, -0.1) is 11.3 Å². The molecule has 2 heterocycles. The molecule has 5 heteroatoms. The minimum absolute atomic E-state index is 0.0599. The maximum absolute atomic E-state index is 12.7. The molecule has 1 aliphatic heterocycles. The van der Waals surface area contributed by atoms with Crippen molar-refractivity contribution in [3.63, 3.8) is 0 Å². The van der Waals surface area contributed by atoms with Gasteiger partial charge in [-0.3, -0.25) is 9.69 Å². The molecule has 2 rings (SSSR count). The maximum atomic E-state index is 12.7. The number of thiophene rings is 1. The van der Waals surface area contributed by atoms with Crippen LogP contribution in [0.2, 0.25) is 0 Å². The molecule has 0 aromatic carbocycles. The molecule has 1 aromatic rings. The number of amides is 1. The molecule has 0 spiro atoms. The van der Waals surface area contributed by atoms with E-state index in [4.69, 9.17) is 0 Å². The highest BCUT2D eigenvalue weighted by molar-refractivity contribution is 7.12. The summed E-state index contributed by atoms with van der Waals surface area (Å²) in [6.45, 7) is 14.1. The number of carbonyl (C=O) groups is 1. The van der Waals surface area contributed by atoms with Crippen LogP contribution in [-0.4, -0.2) is 42.5 Å². The summed E-state index contributed by atoms with van der Waals surface area (Å²) in [7, 11) is 0. The smallest absolute Gasteiger partial charge is 0.240 e. The van der Waals surface area contributed by atoms with E-state index in [2.05, 4.69) is 42.4 Å². The van der Waals surface area contributed by atoms with E-state index in [0.29, 0.717) is 0 Å². The second-order valence-corrected chi connectivity index (χ2v) is 7.82. The molecule has 0 radical (unpaired) electrons. The molecule has 118 valence electrons. The number of carbonyl (C=O) groups excluding carboxylic acids is 1. The van der Waals surface area contributed by atoms with Crippen LogP contribution in [0.1, 0.15) is 42.1 Å². The van der Waals surface area contributed by atoms with Crippen LogP contribution in [-0.2, 0) is 4.79 Å². The lowest BCUT2D eigenvalue weighted by Crippen LogP contribution is -2.60. The highest BCUT2D eigenvalue weighted by Gasteiger charge is 2.35. The second kappa shape index (κ2) is 6.46. The van der Waals surface area contributed by atoms with Gasteiger partial charge < -0.3 is 10.6 Å². The Bertz CT molecular complexity index is 504. The van der Waals surface area contributed by atoms with E-state index in [9.17, 15) is 4.79 Å². The third kappa shape index (κ3) is 3.65. The fourth-order valence-corrected chi connectivity index (χ4v) is 3.92. The number of nitrogens with one attached hydrogen (secondary N) is 2. The number of piperazine rings is 1. The van der Waals surface area contributed by atoms with E-state index in [1.165, 1.54) is 15.3 Å². The van der Waals surface area contributed by atoms with E-state index in [1.54, 1.807) is 11.3 Å². The van der Waals surface area contributed by atoms with Crippen LogP contribution in [0.25, 0.3) is 0 Å². The summed E-state index contributed by atoms with van der Waals surface area (Å²) in [5.74, 6) is 0.111. The zero-order valence-electron chi connectivity index (χ0n) is 13.7. The Hall–Kier alpha value is -0.910. The molecule has 0 saturated carbocycles. The summed E-state index contributed by atoms with van der Waals surface area (Å²) in [6, 6.07) is 2.24. The van der Waals surface area contributed by atoms with Gasteiger partial charge in [0.15, 0.2) is 0 Å². The Kier molecular flexibility index (Phi) is 5.07. The van der Waals surface area contributed by atoms with Gasteiger partial charge in [-0.05, 0) is 46.2 Å². The fraction of sp³-hybridized carbons (Fsp3) is 0.688. The third-order valence-corrected chi connectivity index (χ3v) is 5.34. The minimum atomic E-state index is -0.463. The van der Waals surface area contributed by atoms with Gasteiger partial charge in [0.25, 0.3) is 0 Å². The highest BCUT2D eigenvalue weighted by atomic mass is 32.1. The number of aryl methyl sites for hydroxylation is 2. The molecule has 1 aromatic heterocycles. The third-order valence-electron chi connectivity index (χ3n) is 4.36. The van der Waals surface area contributed by atoms with Gasteiger partial charge in [-0.2, -0.15) is 0 Å². The Morgan fingerprint density at radius 1 is 1.38 bits per heavy atom. The molecular weight excluding hydrogens is 282 g/mol. The van der Waals surface area contributed by atoms with Crippen molar-refractivity contribution in [1.29, 1.82) is 0 Å². The summed E-state index contributed by atoms with van der Waals surface area (Å²) in [4.78, 5) is 17.5. The molecule has 0 bridgehead atoms. The SMILES string of the molecule is Cc1cc(C(C)NC(=O)C(C)(C)N2CCNCC2)c(C)s1. The van der Waals surface area contributed by atoms with Crippen LogP contribution in [0.15, 0.2) is 6.07 Å². The fourth-order valence-electron chi connectivity index (χ4n) is 2.90. The van der Waals surface area contributed by atoms with Gasteiger partial charge in [0.2, 0.25) is 5.91 Å². The first-order valence-electron chi connectivity index (χ1n) is 7.66. The molecule has 1 unspecified atom stereocenters. The number of nitrogens with zero attached hydrogens (tertiary/aromatic N) is 1. The first kappa shape index (κ1) is 16.5. The Balaban J connectivity index is 2.04. The van der Waals surface area contributed by atoms with E-state index in [1.807, 2.05) is 13.8 Å². The van der Waals surface area contributed by atoms with Crippen LogP contribution in [0.3, 0.4) is 0 Å². The lowest BCUT2D eigenvalue weighted by Gasteiger charge is -2.40.